The number of rotatable bonds is 4. The van der Waals surface area contributed by atoms with Crippen molar-refractivity contribution in [3.63, 3.8) is 0 Å². The number of piperazine rings is 1. The van der Waals surface area contributed by atoms with Crippen LogP contribution in [0.5, 0.6) is 0 Å². The molecule has 7 heteroatoms. The Balaban J connectivity index is 1.90. The normalized spacial score (nSPS) is 17.7. The van der Waals surface area contributed by atoms with Gasteiger partial charge >= 0.3 is 5.97 Å². The molecule has 0 radical (unpaired) electrons. The minimum atomic E-state index is -0.983. The van der Waals surface area contributed by atoms with Gasteiger partial charge in [-0.05, 0) is 13.8 Å². The fraction of sp³-hybridized carbons (Fsp3) is 0.667. The lowest BCUT2D eigenvalue weighted by Gasteiger charge is -2.37. The maximum atomic E-state index is 10.8. The molecule has 2 rings (SSSR count). The number of carboxylic acids is 1. The van der Waals surface area contributed by atoms with E-state index in [4.69, 9.17) is 5.11 Å². The van der Waals surface area contributed by atoms with Crippen LogP contribution in [0.1, 0.15) is 24.3 Å². The molecular weight excluding hydrogens is 266 g/mol. The molecule has 0 spiro atoms. The molecule has 0 amide bonds. The lowest BCUT2D eigenvalue weighted by Crippen LogP contribution is -2.50. The summed E-state index contributed by atoms with van der Waals surface area (Å²) in [4.78, 5) is 19.2. The van der Waals surface area contributed by atoms with Crippen LogP contribution < -0.4 is 4.90 Å². The first-order valence-electron chi connectivity index (χ1n) is 6.24. The van der Waals surface area contributed by atoms with Crippen LogP contribution in [-0.2, 0) is 0 Å². The Bertz CT molecular complexity index is 447. The van der Waals surface area contributed by atoms with E-state index in [9.17, 15) is 9.90 Å². The van der Waals surface area contributed by atoms with Gasteiger partial charge in [0, 0.05) is 38.1 Å². The van der Waals surface area contributed by atoms with Crippen molar-refractivity contribution in [2.24, 2.45) is 0 Å². The van der Waals surface area contributed by atoms with Crippen molar-refractivity contribution in [1.82, 2.24) is 9.88 Å². The highest BCUT2D eigenvalue weighted by Gasteiger charge is 2.24. The zero-order valence-corrected chi connectivity index (χ0v) is 12.0. The lowest BCUT2D eigenvalue weighted by atomic mass is 10.1. The summed E-state index contributed by atoms with van der Waals surface area (Å²) in [6.45, 7) is 7.58. The highest BCUT2D eigenvalue weighted by atomic mass is 32.1. The Morgan fingerprint density at radius 2 is 2.05 bits per heavy atom. The van der Waals surface area contributed by atoms with Crippen molar-refractivity contribution >= 4 is 22.4 Å². The highest BCUT2D eigenvalue weighted by molar-refractivity contribution is 7.13. The van der Waals surface area contributed by atoms with E-state index >= 15 is 0 Å². The van der Waals surface area contributed by atoms with E-state index in [0.717, 1.165) is 31.3 Å². The zero-order valence-electron chi connectivity index (χ0n) is 11.2. The maximum Gasteiger partial charge on any atom is 0.355 e. The number of aromatic nitrogens is 1. The molecule has 0 atom stereocenters. The van der Waals surface area contributed by atoms with Crippen molar-refractivity contribution in [2.75, 3.05) is 37.6 Å². The minimum Gasteiger partial charge on any atom is -0.476 e. The van der Waals surface area contributed by atoms with Gasteiger partial charge in [0.15, 0.2) is 10.8 Å². The molecule has 1 saturated heterocycles. The largest absolute Gasteiger partial charge is 0.476 e. The summed E-state index contributed by atoms with van der Waals surface area (Å²) in [6, 6.07) is 0. The molecule has 0 saturated carbocycles. The van der Waals surface area contributed by atoms with Crippen LogP contribution in [0.3, 0.4) is 0 Å². The number of hydrogen-bond donors (Lipinski definition) is 2. The maximum absolute atomic E-state index is 10.8. The Hall–Kier alpha value is -1.18. The molecule has 1 aliphatic rings. The standard InChI is InChI=1S/C12H19N3O3S/c1-12(2,18)8-14-3-5-15(6-4-14)11-13-9(7-19-11)10(16)17/h7,18H,3-6,8H2,1-2H3,(H,16,17). The Morgan fingerprint density at radius 3 is 2.53 bits per heavy atom. The monoisotopic (exact) mass is 285 g/mol. The number of anilines is 1. The third kappa shape index (κ3) is 3.89. The number of aromatic carboxylic acids is 1. The lowest BCUT2D eigenvalue weighted by molar-refractivity contribution is 0.0345. The average molecular weight is 285 g/mol. The second kappa shape index (κ2) is 5.44. The second-order valence-electron chi connectivity index (χ2n) is 5.40. The number of carbonyl (C=O) groups is 1. The fourth-order valence-corrected chi connectivity index (χ4v) is 3.01. The van der Waals surface area contributed by atoms with Crippen molar-refractivity contribution < 1.29 is 15.0 Å². The number of thiazole rings is 1. The van der Waals surface area contributed by atoms with E-state index in [1.807, 2.05) is 0 Å². The van der Waals surface area contributed by atoms with Gasteiger partial charge in [-0.3, -0.25) is 4.90 Å². The molecule has 1 aromatic heterocycles. The summed E-state index contributed by atoms with van der Waals surface area (Å²) >= 11 is 1.36. The van der Waals surface area contributed by atoms with Crippen LogP contribution in [0.25, 0.3) is 0 Å². The molecule has 106 valence electrons. The smallest absolute Gasteiger partial charge is 0.355 e. The first-order valence-corrected chi connectivity index (χ1v) is 7.12. The summed E-state index contributed by atoms with van der Waals surface area (Å²) in [5.41, 5.74) is -0.571. The van der Waals surface area contributed by atoms with Gasteiger partial charge < -0.3 is 15.1 Å². The van der Waals surface area contributed by atoms with Crippen molar-refractivity contribution in [1.29, 1.82) is 0 Å². The van der Waals surface area contributed by atoms with Gasteiger partial charge in [-0.1, -0.05) is 0 Å². The van der Waals surface area contributed by atoms with Gasteiger partial charge in [0.1, 0.15) is 0 Å². The third-order valence-electron chi connectivity index (χ3n) is 2.96. The van der Waals surface area contributed by atoms with Crippen LogP contribution in [0.4, 0.5) is 5.13 Å². The average Bonchev–Trinajstić information content (AvgIpc) is 2.77. The van der Waals surface area contributed by atoms with E-state index < -0.39 is 11.6 Å². The molecular formula is C12H19N3O3S. The molecule has 0 aliphatic carbocycles. The summed E-state index contributed by atoms with van der Waals surface area (Å²) in [5, 5.41) is 21.0. The topological polar surface area (TPSA) is 76.9 Å². The van der Waals surface area contributed by atoms with Gasteiger partial charge in [0.2, 0.25) is 0 Å². The van der Waals surface area contributed by atoms with Crippen LogP contribution in [-0.4, -0.2) is 64.4 Å². The molecule has 6 nitrogen and oxygen atoms in total. The van der Waals surface area contributed by atoms with E-state index in [-0.39, 0.29) is 5.69 Å². The SMILES string of the molecule is CC(C)(O)CN1CCN(c2nc(C(=O)O)cs2)CC1. The summed E-state index contributed by atoms with van der Waals surface area (Å²) in [6.07, 6.45) is 0. The highest BCUT2D eigenvalue weighted by Crippen LogP contribution is 2.22. The van der Waals surface area contributed by atoms with Crippen molar-refractivity contribution in [3.8, 4) is 0 Å². The number of nitrogens with zero attached hydrogens (tertiary/aromatic N) is 3. The molecule has 0 bridgehead atoms. The number of aliphatic hydroxyl groups is 1. The quantitative estimate of drug-likeness (QED) is 0.849. The van der Waals surface area contributed by atoms with Gasteiger partial charge in [0.05, 0.1) is 5.60 Å². The number of hydrogen-bond acceptors (Lipinski definition) is 6. The van der Waals surface area contributed by atoms with E-state index in [2.05, 4.69) is 14.8 Å². The third-order valence-corrected chi connectivity index (χ3v) is 3.87. The van der Waals surface area contributed by atoms with Crippen molar-refractivity contribution in [3.05, 3.63) is 11.1 Å². The summed E-state index contributed by atoms with van der Waals surface area (Å²) in [5.74, 6) is -0.983. The van der Waals surface area contributed by atoms with Crippen LogP contribution >= 0.6 is 11.3 Å². The van der Waals surface area contributed by atoms with Gasteiger partial charge in [-0.2, -0.15) is 0 Å². The molecule has 1 aliphatic heterocycles. The molecule has 0 unspecified atom stereocenters. The number of carboxylic acid groups (broad SMARTS) is 1. The number of β-amino-alcohol motifs (C(OH)–C–C–N with tert-alkyl or cyclic N) is 1. The van der Waals surface area contributed by atoms with Gasteiger partial charge in [0.25, 0.3) is 0 Å². The second-order valence-corrected chi connectivity index (χ2v) is 6.23. The van der Waals surface area contributed by atoms with E-state index in [1.165, 1.54) is 11.3 Å². The predicted molar refractivity (Wildman–Crippen MR) is 74.0 cm³/mol. The first kappa shape index (κ1) is 14.2. The van der Waals surface area contributed by atoms with Crippen LogP contribution in [0, 0.1) is 0 Å². The van der Waals surface area contributed by atoms with Crippen LogP contribution in [0.2, 0.25) is 0 Å². The van der Waals surface area contributed by atoms with Crippen LogP contribution in [0.15, 0.2) is 5.38 Å². The Labute approximate surface area is 116 Å². The Morgan fingerprint density at radius 1 is 1.42 bits per heavy atom. The van der Waals surface area contributed by atoms with E-state index in [1.54, 1.807) is 19.2 Å². The summed E-state index contributed by atoms with van der Waals surface area (Å²) < 4.78 is 0. The molecule has 2 N–H and O–H groups in total. The van der Waals surface area contributed by atoms with E-state index in [0.29, 0.717) is 6.54 Å². The predicted octanol–water partition coefficient (Wildman–Crippen LogP) is 0.734. The Kier molecular flexibility index (Phi) is 4.07. The summed E-state index contributed by atoms with van der Waals surface area (Å²) in [7, 11) is 0. The molecule has 1 aromatic rings. The molecule has 2 heterocycles. The molecule has 1 fully saturated rings. The van der Waals surface area contributed by atoms with Gasteiger partial charge in [-0.25, -0.2) is 9.78 Å². The molecule has 19 heavy (non-hydrogen) atoms. The molecule has 0 aromatic carbocycles. The van der Waals surface area contributed by atoms with Crippen molar-refractivity contribution in [2.45, 2.75) is 19.4 Å². The zero-order chi connectivity index (χ0) is 14.0. The minimum absolute atomic E-state index is 0.110. The fourth-order valence-electron chi connectivity index (χ4n) is 2.15. The van der Waals surface area contributed by atoms with Gasteiger partial charge in [-0.15, -0.1) is 11.3 Å². The first-order chi connectivity index (χ1) is 8.85.